The van der Waals surface area contributed by atoms with E-state index in [1.807, 2.05) is 0 Å². The molecule has 0 atom stereocenters. The molecule has 1 heteroatoms. The van der Waals surface area contributed by atoms with Crippen molar-refractivity contribution in [1.82, 2.24) is 0 Å². The molecule has 0 fully saturated rings. The lowest BCUT2D eigenvalue weighted by molar-refractivity contribution is -0.361. The van der Waals surface area contributed by atoms with Crippen LogP contribution in [0.4, 0.5) is 0 Å². The number of hydrogen-bond donors (Lipinski definition) is 0. The Labute approximate surface area is 37.3 Å². The lowest BCUT2D eigenvalue weighted by Crippen LogP contribution is -1.49. The van der Waals surface area contributed by atoms with Gasteiger partial charge in [-0.15, -0.1) is 0 Å². The molecule has 0 aliphatic rings. The van der Waals surface area contributed by atoms with Crippen LogP contribution in [-0.4, -0.2) is 6.79 Å². The highest BCUT2D eigenvalue weighted by molar-refractivity contribution is 5.13. The first kappa shape index (κ1) is 5.15. The largest absolute Gasteiger partial charge is 0.316 e. The Bertz CT molecular complexity index is 62.0. The van der Waals surface area contributed by atoms with Gasteiger partial charge in [0, 0.05) is 6.08 Å². The quantitative estimate of drug-likeness (QED) is 0.268. The van der Waals surface area contributed by atoms with Gasteiger partial charge < -0.3 is 0 Å². The summed E-state index contributed by atoms with van der Waals surface area (Å²) in [7, 11) is 0. The van der Waals surface area contributed by atoms with Crippen molar-refractivity contribution in [3.63, 3.8) is 0 Å². The summed E-state index contributed by atoms with van der Waals surface area (Å²) in [4.78, 5) is 0. The Kier molecular flexibility index (Phi) is 3.56. The van der Waals surface area contributed by atoms with E-state index in [9.17, 15) is 0 Å². The van der Waals surface area contributed by atoms with Gasteiger partial charge in [0.15, 0.2) is 0 Å². The lowest BCUT2D eigenvalue weighted by Gasteiger charge is -1.50. The van der Waals surface area contributed by atoms with Crippen LogP contribution in [0.5, 0.6) is 0 Å². The van der Waals surface area contributed by atoms with Gasteiger partial charge in [-0.3, -0.25) is 0 Å². The molecule has 0 saturated heterocycles. The van der Waals surface area contributed by atoms with E-state index in [1.54, 1.807) is 12.2 Å². The molecule has 0 aliphatic heterocycles. The number of hydrogen-bond acceptors (Lipinski definition) is 0. The van der Waals surface area contributed by atoms with Crippen molar-refractivity contribution < 1.29 is 4.42 Å². The number of rotatable bonds is 2. The third kappa shape index (κ3) is 3.15. The standard InChI is InChI=1S/C5H7O/c1-3-4-5-6-2/h3-5H,1-2H2/q+1/b5-4-. The molecule has 0 heterocycles. The fourth-order valence-corrected chi connectivity index (χ4v) is 0.111. The molecule has 0 aliphatic carbocycles. The van der Waals surface area contributed by atoms with Crippen molar-refractivity contribution in [1.29, 1.82) is 0 Å². The van der Waals surface area contributed by atoms with Gasteiger partial charge in [-0.2, -0.15) is 0 Å². The fourth-order valence-electron chi connectivity index (χ4n) is 0.111. The first-order valence-electron chi connectivity index (χ1n) is 1.60. The van der Waals surface area contributed by atoms with Crippen molar-refractivity contribution in [2.45, 2.75) is 0 Å². The number of allylic oxidation sites excluding steroid dienone is 2. The van der Waals surface area contributed by atoms with Crippen LogP contribution in [0.2, 0.25) is 0 Å². The molecule has 0 radical (unpaired) electrons. The maximum absolute atomic E-state index is 4.28. The summed E-state index contributed by atoms with van der Waals surface area (Å²) < 4.78 is 4.28. The van der Waals surface area contributed by atoms with Gasteiger partial charge in [0.1, 0.15) is 0 Å². The second-order valence-corrected chi connectivity index (χ2v) is 0.731. The predicted octanol–water partition coefficient (Wildman–Crippen LogP) is 1.05. The highest BCUT2D eigenvalue weighted by atomic mass is 16.4. The third-order valence-corrected chi connectivity index (χ3v) is 0.311. The fraction of sp³-hybridized carbons (Fsp3) is 0. The average Bonchev–Trinajstić information content (AvgIpc) is 1.61. The molecule has 6 heavy (non-hydrogen) atoms. The average molecular weight is 83.1 g/mol. The minimum Gasteiger partial charge on any atom is -0.232 e. The molecule has 0 rings (SSSR count). The molecular formula is C5H7O+. The molecule has 0 bridgehead atoms. The Morgan fingerprint density at radius 1 is 1.50 bits per heavy atom. The van der Waals surface area contributed by atoms with E-state index < -0.39 is 0 Å². The summed E-state index contributed by atoms with van der Waals surface area (Å²) in [6.45, 7) is 6.49. The lowest BCUT2D eigenvalue weighted by atomic mass is 10.6. The Morgan fingerprint density at radius 2 is 2.17 bits per heavy atom. The molecule has 32 valence electrons. The van der Waals surface area contributed by atoms with Crippen LogP contribution < -0.4 is 0 Å². The van der Waals surface area contributed by atoms with Gasteiger partial charge in [-0.25, -0.2) is 4.42 Å². The maximum Gasteiger partial charge on any atom is 0.316 e. The highest BCUT2D eigenvalue weighted by Gasteiger charge is 1.60. The monoisotopic (exact) mass is 83.0 g/mol. The first-order valence-corrected chi connectivity index (χ1v) is 1.60. The van der Waals surface area contributed by atoms with E-state index in [0.717, 1.165) is 0 Å². The van der Waals surface area contributed by atoms with Crippen LogP contribution >= 0.6 is 0 Å². The molecule has 0 spiro atoms. The zero-order valence-electron chi connectivity index (χ0n) is 3.55. The summed E-state index contributed by atoms with van der Waals surface area (Å²) in [6.07, 6.45) is 4.73. The maximum atomic E-state index is 4.28. The Hall–Kier alpha value is -0.850. The van der Waals surface area contributed by atoms with Crippen LogP contribution in [0.15, 0.2) is 25.0 Å². The van der Waals surface area contributed by atoms with Gasteiger partial charge in [0.2, 0.25) is 0 Å². The Morgan fingerprint density at radius 3 is 2.33 bits per heavy atom. The highest BCUT2D eigenvalue weighted by Crippen LogP contribution is 1.64. The molecular weight excluding hydrogens is 76.1 g/mol. The van der Waals surface area contributed by atoms with E-state index in [4.69, 9.17) is 0 Å². The van der Waals surface area contributed by atoms with E-state index in [-0.39, 0.29) is 0 Å². The normalized spacial score (nSPS) is 8.67. The summed E-state index contributed by atoms with van der Waals surface area (Å²) >= 11 is 0. The van der Waals surface area contributed by atoms with Crippen molar-refractivity contribution in [3.8, 4) is 0 Å². The Balaban J connectivity index is 3.17. The zero-order valence-corrected chi connectivity index (χ0v) is 3.55. The molecule has 0 aromatic rings. The second-order valence-electron chi connectivity index (χ2n) is 0.731. The van der Waals surface area contributed by atoms with Gasteiger partial charge >= 0.3 is 6.26 Å². The smallest absolute Gasteiger partial charge is 0.232 e. The molecule has 1 nitrogen and oxygen atoms in total. The molecule has 0 saturated carbocycles. The van der Waals surface area contributed by atoms with Crippen molar-refractivity contribution in [2.24, 2.45) is 0 Å². The summed E-state index contributed by atoms with van der Waals surface area (Å²) in [5.41, 5.74) is 0. The number of carbonyl (C=O) groups excluding carboxylic acids is 1. The van der Waals surface area contributed by atoms with E-state index in [2.05, 4.69) is 17.8 Å². The van der Waals surface area contributed by atoms with E-state index in [0.29, 0.717) is 0 Å². The van der Waals surface area contributed by atoms with Crippen molar-refractivity contribution in [3.05, 3.63) is 25.0 Å². The minimum atomic E-state index is 1.45. The molecule has 0 aromatic heterocycles. The van der Waals surface area contributed by atoms with Gasteiger partial charge in [-0.1, -0.05) is 12.7 Å². The summed E-state index contributed by atoms with van der Waals surface area (Å²) in [5.74, 6) is 0. The van der Waals surface area contributed by atoms with Crippen molar-refractivity contribution in [2.75, 3.05) is 0 Å². The van der Waals surface area contributed by atoms with Crippen molar-refractivity contribution >= 4 is 6.79 Å². The molecule has 0 amide bonds. The van der Waals surface area contributed by atoms with Crippen LogP contribution in [0.25, 0.3) is 0 Å². The SMILES string of the molecule is C=C/C=C\[O+]=C. The van der Waals surface area contributed by atoms with Gasteiger partial charge in [0.05, 0.1) is 0 Å². The van der Waals surface area contributed by atoms with Crippen LogP contribution in [0, 0.1) is 0 Å². The third-order valence-electron chi connectivity index (χ3n) is 0.311. The summed E-state index contributed by atoms with van der Waals surface area (Å²) in [5, 5.41) is 0. The molecule has 0 aromatic carbocycles. The van der Waals surface area contributed by atoms with Gasteiger partial charge in [0.25, 0.3) is 6.79 Å². The topological polar surface area (TPSA) is 11.3 Å². The zero-order chi connectivity index (χ0) is 4.83. The van der Waals surface area contributed by atoms with Crippen LogP contribution in [-0.2, 0) is 4.42 Å². The molecule has 0 N–H and O–H groups in total. The minimum absolute atomic E-state index is 1.45. The van der Waals surface area contributed by atoms with E-state index in [1.165, 1.54) is 6.26 Å². The first-order chi connectivity index (χ1) is 2.91. The van der Waals surface area contributed by atoms with Crippen LogP contribution in [0.3, 0.4) is 0 Å². The van der Waals surface area contributed by atoms with E-state index >= 15 is 0 Å². The predicted molar refractivity (Wildman–Crippen MR) is 26.5 cm³/mol. The molecule has 0 unspecified atom stereocenters. The second kappa shape index (κ2) is 4.15. The van der Waals surface area contributed by atoms with Gasteiger partial charge in [-0.05, 0) is 0 Å². The summed E-state index contributed by atoms with van der Waals surface area (Å²) in [6, 6.07) is 0. The van der Waals surface area contributed by atoms with Crippen LogP contribution in [0.1, 0.15) is 0 Å².